The molecule has 3 N–H and O–H groups in total. The van der Waals surface area contributed by atoms with E-state index in [-0.39, 0.29) is 35.4 Å². The summed E-state index contributed by atoms with van der Waals surface area (Å²) in [5.74, 6) is -1.89. The van der Waals surface area contributed by atoms with Gasteiger partial charge in [-0.1, -0.05) is 90.5 Å². The number of carbonyl (C=O) groups is 3. The number of benzene rings is 4. The topological polar surface area (TPSA) is 114 Å². The third kappa shape index (κ3) is 6.46. The maximum atomic E-state index is 13.4. The van der Waals surface area contributed by atoms with Gasteiger partial charge in [0.25, 0.3) is 0 Å². The third-order valence-corrected chi connectivity index (χ3v) is 7.51. The van der Waals surface area contributed by atoms with Crippen molar-refractivity contribution in [2.24, 2.45) is 0 Å². The Labute approximate surface area is 248 Å². The third-order valence-electron chi connectivity index (χ3n) is 7.20. The first-order valence-electron chi connectivity index (χ1n) is 13.4. The van der Waals surface area contributed by atoms with Crippen LogP contribution in [0.4, 0.5) is 10.5 Å². The lowest BCUT2D eigenvalue weighted by Crippen LogP contribution is -2.51. The molecule has 9 heteroatoms. The van der Waals surface area contributed by atoms with Gasteiger partial charge in [-0.3, -0.25) is 4.79 Å². The highest BCUT2D eigenvalue weighted by atomic mass is 35.5. The highest BCUT2D eigenvalue weighted by molar-refractivity contribution is 6.34. The highest BCUT2D eigenvalue weighted by Gasteiger charge is 2.32. The molecule has 0 radical (unpaired) electrons. The van der Waals surface area contributed by atoms with E-state index in [0.717, 1.165) is 27.8 Å². The first kappa shape index (κ1) is 28.9. The predicted molar refractivity (Wildman–Crippen MR) is 160 cm³/mol. The summed E-state index contributed by atoms with van der Waals surface area (Å²) in [6.07, 6.45) is -1.54. The van der Waals surface area contributed by atoms with Gasteiger partial charge in [-0.15, -0.1) is 0 Å². The van der Waals surface area contributed by atoms with E-state index in [1.54, 1.807) is 6.92 Å². The molecule has 1 aliphatic carbocycles. The van der Waals surface area contributed by atoms with Crippen LogP contribution in [0.3, 0.4) is 0 Å². The van der Waals surface area contributed by atoms with Crippen molar-refractivity contribution in [1.82, 2.24) is 5.32 Å². The molecule has 4 aromatic carbocycles. The number of fused-ring (bicyclic) bond motifs is 3. The molecule has 0 saturated heterocycles. The second-order valence-corrected chi connectivity index (χ2v) is 10.3. The van der Waals surface area contributed by atoms with Crippen LogP contribution in [0.25, 0.3) is 11.1 Å². The van der Waals surface area contributed by atoms with Gasteiger partial charge in [-0.05, 0) is 52.9 Å². The summed E-state index contributed by atoms with van der Waals surface area (Å²) in [6.45, 7) is 1.97. The van der Waals surface area contributed by atoms with Crippen molar-refractivity contribution in [2.45, 2.75) is 31.6 Å². The zero-order valence-electron chi connectivity index (χ0n) is 22.8. The summed E-state index contributed by atoms with van der Waals surface area (Å²) in [6, 6.07) is 28.3. The Bertz CT molecular complexity index is 1560. The smallest absolute Gasteiger partial charge is 0.407 e. The Balaban J connectivity index is 1.30. The molecule has 0 fully saturated rings. The number of carboxylic acid groups (broad SMARTS) is 1. The number of hydrogen-bond acceptors (Lipinski definition) is 5. The fourth-order valence-corrected chi connectivity index (χ4v) is 5.25. The van der Waals surface area contributed by atoms with Crippen molar-refractivity contribution in [3.63, 3.8) is 0 Å². The maximum Gasteiger partial charge on any atom is 0.407 e. The van der Waals surface area contributed by atoms with E-state index < -0.39 is 30.1 Å². The molecule has 42 heavy (non-hydrogen) atoms. The van der Waals surface area contributed by atoms with Crippen LogP contribution in [0.2, 0.25) is 5.02 Å². The first-order valence-corrected chi connectivity index (χ1v) is 13.8. The fraction of sp³-hybridized carbons (Fsp3) is 0.182. The molecule has 0 heterocycles. The monoisotopic (exact) mass is 584 g/mol. The van der Waals surface area contributed by atoms with Crippen LogP contribution in [0, 0.1) is 0 Å². The van der Waals surface area contributed by atoms with E-state index in [2.05, 4.69) is 22.8 Å². The van der Waals surface area contributed by atoms with Crippen molar-refractivity contribution in [3.8, 4) is 11.1 Å². The lowest BCUT2D eigenvalue weighted by molar-refractivity contribution is -0.121. The van der Waals surface area contributed by atoms with Crippen LogP contribution >= 0.6 is 11.6 Å². The van der Waals surface area contributed by atoms with Gasteiger partial charge in [0, 0.05) is 5.92 Å². The van der Waals surface area contributed by atoms with E-state index in [0.29, 0.717) is 0 Å². The Morgan fingerprint density at radius 2 is 1.50 bits per heavy atom. The Kier molecular flexibility index (Phi) is 8.85. The molecular formula is C33H29ClN2O6. The van der Waals surface area contributed by atoms with Gasteiger partial charge in [0.2, 0.25) is 5.91 Å². The number of hydrogen-bond donors (Lipinski definition) is 3. The van der Waals surface area contributed by atoms with Gasteiger partial charge in [0.05, 0.1) is 29.0 Å². The minimum absolute atomic E-state index is 0.0223. The molecule has 0 bridgehead atoms. The van der Waals surface area contributed by atoms with E-state index in [1.165, 1.54) is 18.2 Å². The maximum absolute atomic E-state index is 13.4. The highest BCUT2D eigenvalue weighted by Crippen LogP contribution is 2.44. The van der Waals surface area contributed by atoms with Crippen LogP contribution in [-0.2, 0) is 20.9 Å². The number of amides is 2. The zero-order chi connectivity index (χ0) is 29.6. The van der Waals surface area contributed by atoms with Gasteiger partial charge in [0.15, 0.2) is 0 Å². The van der Waals surface area contributed by atoms with E-state index >= 15 is 0 Å². The number of ether oxygens (including phenoxy) is 2. The molecule has 0 saturated carbocycles. The average molecular weight is 585 g/mol. The molecule has 2 amide bonds. The molecule has 0 spiro atoms. The van der Waals surface area contributed by atoms with Crippen LogP contribution in [-0.4, -0.2) is 41.8 Å². The molecule has 2 unspecified atom stereocenters. The number of carboxylic acids is 1. The van der Waals surface area contributed by atoms with Gasteiger partial charge in [-0.25, -0.2) is 9.59 Å². The SMILES string of the molecule is CC(OCc1ccccc1)C(NC(=O)OCC1c2ccccc2-c2ccccc21)C(=O)Nc1ccc(C(=O)O)cc1Cl. The second kappa shape index (κ2) is 12.9. The lowest BCUT2D eigenvalue weighted by atomic mass is 9.98. The van der Waals surface area contributed by atoms with Crippen molar-refractivity contribution in [2.75, 3.05) is 11.9 Å². The first-order chi connectivity index (χ1) is 20.3. The second-order valence-electron chi connectivity index (χ2n) is 9.94. The van der Waals surface area contributed by atoms with Crippen molar-refractivity contribution in [3.05, 3.63) is 124 Å². The summed E-state index contributed by atoms with van der Waals surface area (Å²) in [5, 5.41) is 14.6. The summed E-state index contributed by atoms with van der Waals surface area (Å²) in [7, 11) is 0. The molecule has 0 aliphatic heterocycles. The molecule has 5 rings (SSSR count). The molecular weight excluding hydrogens is 556 g/mol. The summed E-state index contributed by atoms with van der Waals surface area (Å²) < 4.78 is 11.6. The van der Waals surface area contributed by atoms with Gasteiger partial charge < -0.3 is 25.2 Å². The number of nitrogens with one attached hydrogen (secondary N) is 2. The summed E-state index contributed by atoms with van der Waals surface area (Å²) in [4.78, 5) is 37.8. The Morgan fingerprint density at radius 3 is 2.12 bits per heavy atom. The van der Waals surface area contributed by atoms with Gasteiger partial charge in [0.1, 0.15) is 12.6 Å². The standard InChI is InChI=1S/C33H29ClN2O6/c1-20(41-18-21-9-3-2-4-10-21)30(31(37)35-29-16-15-22(32(38)39)17-28(29)34)36-33(40)42-19-27-25-13-7-5-11-23(25)24-12-6-8-14-26(24)27/h2-17,20,27,30H,18-19H2,1H3,(H,35,37)(H,36,40)(H,38,39). The van der Waals surface area contributed by atoms with Crippen LogP contribution in [0.15, 0.2) is 97.1 Å². The number of carbonyl (C=O) groups excluding carboxylic acids is 2. The van der Waals surface area contributed by atoms with Gasteiger partial charge >= 0.3 is 12.1 Å². The Morgan fingerprint density at radius 1 is 0.881 bits per heavy atom. The van der Waals surface area contributed by atoms with E-state index in [4.69, 9.17) is 21.1 Å². The number of halogens is 1. The Hall–Kier alpha value is -4.66. The van der Waals surface area contributed by atoms with Crippen molar-refractivity contribution >= 4 is 35.3 Å². The summed E-state index contributed by atoms with van der Waals surface area (Å²) >= 11 is 6.23. The van der Waals surface area contributed by atoms with E-state index in [9.17, 15) is 19.5 Å². The number of alkyl carbamates (subject to hydrolysis) is 1. The minimum Gasteiger partial charge on any atom is -0.478 e. The fourth-order valence-electron chi connectivity index (χ4n) is 5.02. The number of anilines is 1. The van der Waals surface area contributed by atoms with Crippen LogP contribution in [0.5, 0.6) is 0 Å². The van der Waals surface area contributed by atoms with Crippen LogP contribution in [0.1, 0.15) is 39.9 Å². The lowest BCUT2D eigenvalue weighted by Gasteiger charge is -2.25. The van der Waals surface area contributed by atoms with Gasteiger partial charge in [-0.2, -0.15) is 0 Å². The molecule has 0 aromatic heterocycles. The molecule has 8 nitrogen and oxygen atoms in total. The number of aromatic carboxylic acids is 1. The van der Waals surface area contributed by atoms with Crippen molar-refractivity contribution < 1.29 is 29.0 Å². The minimum atomic E-state index is -1.15. The molecule has 1 aliphatic rings. The average Bonchev–Trinajstić information content (AvgIpc) is 3.32. The summed E-state index contributed by atoms with van der Waals surface area (Å²) in [5.41, 5.74) is 5.42. The zero-order valence-corrected chi connectivity index (χ0v) is 23.5. The number of rotatable bonds is 10. The van der Waals surface area contributed by atoms with Crippen LogP contribution < -0.4 is 10.6 Å². The quantitative estimate of drug-likeness (QED) is 0.196. The molecule has 214 valence electrons. The largest absolute Gasteiger partial charge is 0.478 e. The normalized spacial score (nSPS) is 13.4. The van der Waals surface area contributed by atoms with E-state index in [1.807, 2.05) is 66.7 Å². The van der Waals surface area contributed by atoms with Crippen molar-refractivity contribution in [1.29, 1.82) is 0 Å². The molecule has 2 atom stereocenters. The predicted octanol–water partition coefficient (Wildman–Crippen LogP) is 6.49. The molecule has 4 aromatic rings.